The Morgan fingerprint density at radius 1 is 0.438 bits per heavy atom. The van der Waals surface area contributed by atoms with E-state index in [-0.39, 0.29) is 10.8 Å². The monoisotopic (exact) mass is 754 g/mol. The number of anilines is 3. The second-order valence-electron chi connectivity index (χ2n) is 14.7. The highest BCUT2D eigenvalue weighted by Gasteiger charge is 2.21. The first-order valence-corrected chi connectivity index (χ1v) is 18.1. The van der Waals surface area contributed by atoms with Gasteiger partial charge < -0.3 is 9.47 Å². The SMILES string of the molecule is CC(C)(C)c1ccc2c(c1)c1cc(C(C)(C)C)ccc1n2-c1ccc(-c2ccc(N(c3ccc(Br)cc3)c3ccc(Br)cc3)cc2)cc1. The van der Waals surface area contributed by atoms with Gasteiger partial charge in [0.25, 0.3) is 0 Å². The Morgan fingerprint density at radius 3 is 1.17 bits per heavy atom. The highest BCUT2D eigenvalue weighted by molar-refractivity contribution is 9.10. The summed E-state index contributed by atoms with van der Waals surface area (Å²) in [6.07, 6.45) is 0. The quantitative estimate of drug-likeness (QED) is 0.170. The third-order valence-electron chi connectivity index (χ3n) is 9.25. The molecule has 4 heteroatoms. The summed E-state index contributed by atoms with van der Waals surface area (Å²) in [7, 11) is 0. The van der Waals surface area contributed by atoms with E-state index in [1.54, 1.807) is 0 Å². The van der Waals surface area contributed by atoms with Crippen LogP contribution in [0.5, 0.6) is 0 Å². The molecule has 48 heavy (non-hydrogen) atoms. The molecule has 0 fully saturated rings. The molecule has 0 unspecified atom stereocenters. The van der Waals surface area contributed by atoms with Gasteiger partial charge in [0.05, 0.1) is 11.0 Å². The molecule has 0 aliphatic heterocycles. The summed E-state index contributed by atoms with van der Waals surface area (Å²) < 4.78 is 4.54. The molecule has 6 aromatic carbocycles. The minimum Gasteiger partial charge on any atom is -0.311 e. The molecule has 2 nitrogen and oxygen atoms in total. The third-order valence-corrected chi connectivity index (χ3v) is 10.3. The molecule has 0 radical (unpaired) electrons. The molecule has 0 spiro atoms. The molecule has 240 valence electrons. The van der Waals surface area contributed by atoms with Gasteiger partial charge >= 0.3 is 0 Å². The van der Waals surface area contributed by atoms with Crippen molar-refractivity contribution in [2.45, 2.75) is 52.4 Å². The van der Waals surface area contributed by atoms with E-state index in [2.05, 4.69) is 216 Å². The predicted molar refractivity (Wildman–Crippen MR) is 214 cm³/mol. The predicted octanol–water partition coefficient (Wildman–Crippen LogP) is 14.0. The summed E-state index contributed by atoms with van der Waals surface area (Å²) >= 11 is 7.17. The maximum absolute atomic E-state index is 3.59. The summed E-state index contributed by atoms with van der Waals surface area (Å²) in [6, 6.07) is 48.8. The lowest BCUT2D eigenvalue weighted by atomic mass is 9.85. The van der Waals surface area contributed by atoms with Crippen LogP contribution in [0, 0.1) is 0 Å². The van der Waals surface area contributed by atoms with Gasteiger partial charge in [-0.05, 0) is 130 Å². The fourth-order valence-corrected chi connectivity index (χ4v) is 7.00. The second kappa shape index (κ2) is 12.4. The van der Waals surface area contributed by atoms with E-state index in [0.29, 0.717) is 0 Å². The minimum absolute atomic E-state index is 0.0783. The number of nitrogens with zero attached hydrogens (tertiary/aromatic N) is 2. The normalized spacial score (nSPS) is 12.2. The average molecular weight is 757 g/mol. The zero-order valence-corrected chi connectivity index (χ0v) is 31.5. The molecular formula is C44H40Br2N2. The molecule has 0 bridgehead atoms. The van der Waals surface area contributed by atoms with E-state index >= 15 is 0 Å². The van der Waals surface area contributed by atoms with E-state index in [1.807, 2.05) is 0 Å². The van der Waals surface area contributed by atoms with Crippen molar-refractivity contribution in [3.63, 3.8) is 0 Å². The lowest BCUT2D eigenvalue weighted by molar-refractivity contribution is 0.590. The van der Waals surface area contributed by atoms with Crippen molar-refractivity contribution in [2.24, 2.45) is 0 Å². The lowest BCUT2D eigenvalue weighted by Crippen LogP contribution is -2.10. The topological polar surface area (TPSA) is 8.17 Å². The fraction of sp³-hybridized carbons (Fsp3) is 0.182. The van der Waals surface area contributed by atoms with Crippen LogP contribution in [0.15, 0.2) is 142 Å². The Morgan fingerprint density at radius 2 is 0.792 bits per heavy atom. The Balaban J connectivity index is 1.26. The van der Waals surface area contributed by atoms with E-state index in [4.69, 9.17) is 0 Å². The molecular weight excluding hydrogens is 716 g/mol. The summed E-state index contributed by atoms with van der Waals surface area (Å²) in [4.78, 5) is 2.28. The van der Waals surface area contributed by atoms with Crippen LogP contribution in [-0.4, -0.2) is 4.57 Å². The molecule has 0 amide bonds. The van der Waals surface area contributed by atoms with Crippen molar-refractivity contribution < 1.29 is 0 Å². The smallest absolute Gasteiger partial charge is 0.0541 e. The van der Waals surface area contributed by atoms with Crippen molar-refractivity contribution in [1.29, 1.82) is 0 Å². The van der Waals surface area contributed by atoms with E-state index in [1.165, 1.54) is 49.7 Å². The standard InChI is InChI=1S/C44H40Br2N2/c1-43(2,3)31-11-25-41-39(27-31)40-28-32(44(4,5)6)12-26-42(40)48(41)38-19-9-30(10-20-38)29-7-17-35(18-8-29)47(36-21-13-33(45)14-22-36)37-23-15-34(46)16-24-37/h7-28H,1-6H3. The van der Waals surface area contributed by atoms with Crippen LogP contribution in [0.4, 0.5) is 17.1 Å². The van der Waals surface area contributed by atoms with Crippen LogP contribution in [-0.2, 0) is 10.8 Å². The van der Waals surface area contributed by atoms with Gasteiger partial charge in [0.1, 0.15) is 0 Å². The molecule has 0 atom stereocenters. The first-order valence-electron chi connectivity index (χ1n) is 16.5. The fourth-order valence-electron chi connectivity index (χ4n) is 6.47. The van der Waals surface area contributed by atoms with Gasteiger partial charge in [-0.2, -0.15) is 0 Å². The Hall–Kier alpha value is -4.12. The average Bonchev–Trinajstić information content (AvgIpc) is 3.39. The van der Waals surface area contributed by atoms with Gasteiger partial charge in [-0.1, -0.05) is 110 Å². The van der Waals surface area contributed by atoms with Crippen LogP contribution in [0.3, 0.4) is 0 Å². The Kier molecular flexibility index (Phi) is 8.38. The van der Waals surface area contributed by atoms with Gasteiger partial charge in [-0.3, -0.25) is 0 Å². The second-order valence-corrected chi connectivity index (χ2v) is 16.5. The zero-order valence-electron chi connectivity index (χ0n) is 28.4. The van der Waals surface area contributed by atoms with Crippen molar-refractivity contribution in [2.75, 3.05) is 4.90 Å². The highest BCUT2D eigenvalue weighted by Crippen LogP contribution is 2.39. The van der Waals surface area contributed by atoms with Crippen LogP contribution in [0.25, 0.3) is 38.6 Å². The van der Waals surface area contributed by atoms with Crippen LogP contribution in [0.2, 0.25) is 0 Å². The van der Waals surface area contributed by atoms with Gasteiger partial charge in [-0.15, -0.1) is 0 Å². The summed E-state index contributed by atoms with van der Waals surface area (Å²) in [5.41, 5.74) is 12.2. The largest absolute Gasteiger partial charge is 0.311 e. The molecule has 0 saturated heterocycles. The molecule has 7 aromatic rings. The first-order chi connectivity index (χ1) is 22.9. The first kappa shape index (κ1) is 32.4. The molecule has 7 rings (SSSR count). The minimum atomic E-state index is 0.0783. The van der Waals surface area contributed by atoms with Crippen molar-refractivity contribution in [3.8, 4) is 16.8 Å². The Labute approximate surface area is 301 Å². The van der Waals surface area contributed by atoms with E-state index < -0.39 is 0 Å². The van der Waals surface area contributed by atoms with Crippen molar-refractivity contribution >= 4 is 70.7 Å². The Bertz CT molecular complexity index is 2110. The molecule has 1 heterocycles. The summed E-state index contributed by atoms with van der Waals surface area (Å²) in [5.74, 6) is 0. The maximum atomic E-state index is 3.59. The maximum Gasteiger partial charge on any atom is 0.0541 e. The van der Waals surface area contributed by atoms with Crippen molar-refractivity contribution in [3.05, 3.63) is 154 Å². The highest BCUT2D eigenvalue weighted by atomic mass is 79.9. The van der Waals surface area contributed by atoms with Crippen molar-refractivity contribution in [1.82, 2.24) is 4.57 Å². The number of benzene rings is 6. The van der Waals surface area contributed by atoms with E-state index in [0.717, 1.165) is 26.0 Å². The number of halogens is 2. The summed E-state index contributed by atoms with van der Waals surface area (Å²) in [5, 5.41) is 2.62. The van der Waals surface area contributed by atoms with Gasteiger partial charge in [-0.25, -0.2) is 0 Å². The molecule has 0 aliphatic carbocycles. The zero-order chi connectivity index (χ0) is 33.8. The molecule has 0 saturated carbocycles. The number of hydrogen-bond donors (Lipinski definition) is 0. The van der Waals surface area contributed by atoms with Crippen LogP contribution < -0.4 is 4.90 Å². The molecule has 0 N–H and O–H groups in total. The lowest BCUT2D eigenvalue weighted by Gasteiger charge is -2.25. The van der Waals surface area contributed by atoms with Gasteiger partial charge in [0, 0.05) is 42.5 Å². The van der Waals surface area contributed by atoms with E-state index in [9.17, 15) is 0 Å². The van der Waals surface area contributed by atoms with Gasteiger partial charge in [0.15, 0.2) is 0 Å². The number of rotatable bonds is 5. The van der Waals surface area contributed by atoms with Crippen LogP contribution in [0.1, 0.15) is 52.7 Å². The third kappa shape index (κ3) is 6.24. The number of hydrogen-bond acceptors (Lipinski definition) is 1. The number of aromatic nitrogens is 1. The van der Waals surface area contributed by atoms with Crippen LogP contribution >= 0.6 is 31.9 Å². The number of fused-ring (bicyclic) bond motifs is 3. The summed E-state index contributed by atoms with van der Waals surface area (Å²) in [6.45, 7) is 13.7. The molecule has 1 aromatic heterocycles. The molecule has 0 aliphatic rings. The van der Waals surface area contributed by atoms with Gasteiger partial charge in [0.2, 0.25) is 0 Å².